The monoisotopic (exact) mass is 368 g/mol. The SMILES string of the molecule is Nc1nc(-c2cccs2)c(N=Nc2ccc(Cl)cc2)[se]1. The summed E-state index contributed by atoms with van der Waals surface area (Å²) in [4.78, 5) is 5.44. The summed E-state index contributed by atoms with van der Waals surface area (Å²) in [6, 6.07) is 11.2. The zero-order chi connectivity index (χ0) is 13.9. The van der Waals surface area contributed by atoms with Crippen LogP contribution >= 0.6 is 22.9 Å². The second kappa shape index (κ2) is 5.89. The molecule has 2 N–H and O–H groups in total. The van der Waals surface area contributed by atoms with Crippen molar-refractivity contribution in [3.05, 3.63) is 46.8 Å². The van der Waals surface area contributed by atoms with Crippen molar-refractivity contribution < 1.29 is 0 Å². The van der Waals surface area contributed by atoms with Crippen molar-refractivity contribution in [2.45, 2.75) is 0 Å². The van der Waals surface area contributed by atoms with Gasteiger partial charge >= 0.3 is 131 Å². The Morgan fingerprint density at radius 1 is 1.15 bits per heavy atom. The van der Waals surface area contributed by atoms with Gasteiger partial charge in [-0.1, -0.05) is 0 Å². The molecule has 0 atom stereocenters. The maximum atomic E-state index is 5.84. The molecule has 2 heterocycles. The molecular formula is C13H9ClN4SSe. The van der Waals surface area contributed by atoms with Crippen LogP contribution in [0.2, 0.25) is 5.02 Å². The first-order valence-corrected chi connectivity index (χ1v) is 8.67. The van der Waals surface area contributed by atoms with Crippen molar-refractivity contribution in [3.63, 3.8) is 0 Å². The van der Waals surface area contributed by atoms with Crippen LogP contribution in [0.25, 0.3) is 10.6 Å². The van der Waals surface area contributed by atoms with Crippen LogP contribution < -0.4 is 5.73 Å². The van der Waals surface area contributed by atoms with Gasteiger partial charge in [0.2, 0.25) is 0 Å². The Hall–Kier alpha value is -1.46. The third-order valence-electron chi connectivity index (χ3n) is 2.46. The molecule has 3 aromatic rings. The van der Waals surface area contributed by atoms with Crippen molar-refractivity contribution in [3.8, 4) is 10.6 Å². The van der Waals surface area contributed by atoms with E-state index in [1.54, 1.807) is 23.5 Å². The summed E-state index contributed by atoms with van der Waals surface area (Å²) in [5.74, 6) is 0. The summed E-state index contributed by atoms with van der Waals surface area (Å²) in [7, 11) is 0. The number of anilines is 1. The van der Waals surface area contributed by atoms with E-state index in [0.717, 1.165) is 20.8 Å². The van der Waals surface area contributed by atoms with Crippen LogP contribution in [0.5, 0.6) is 0 Å². The Balaban J connectivity index is 1.93. The molecule has 0 saturated carbocycles. The van der Waals surface area contributed by atoms with Gasteiger partial charge < -0.3 is 0 Å². The number of nitrogens with two attached hydrogens (primary N) is 1. The summed E-state index contributed by atoms with van der Waals surface area (Å²) in [5, 5.41) is 11.2. The number of halogens is 1. The minimum atomic E-state index is -0.0603. The molecule has 0 amide bonds. The standard InChI is InChI=1S/C13H9ClN4SSe/c14-8-3-5-9(6-4-8)17-18-12-11(16-13(15)20-12)10-2-1-7-19-10/h1-7H,(H2,15,16). The third kappa shape index (κ3) is 2.99. The molecule has 0 spiro atoms. The van der Waals surface area contributed by atoms with E-state index in [-0.39, 0.29) is 14.5 Å². The fourth-order valence-corrected chi connectivity index (χ4v) is 3.97. The molecule has 0 radical (unpaired) electrons. The molecule has 2 aromatic heterocycles. The van der Waals surface area contributed by atoms with Gasteiger partial charge in [0, 0.05) is 0 Å². The molecule has 20 heavy (non-hydrogen) atoms. The molecular weight excluding hydrogens is 359 g/mol. The average Bonchev–Trinajstić information content (AvgIpc) is 3.07. The van der Waals surface area contributed by atoms with Crippen molar-refractivity contribution in [2.24, 2.45) is 10.2 Å². The Bertz CT molecular complexity index is 734. The zero-order valence-corrected chi connectivity index (χ0v) is 13.4. The van der Waals surface area contributed by atoms with Crippen molar-refractivity contribution >= 4 is 52.4 Å². The quantitative estimate of drug-likeness (QED) is 0.546. The number of rotatable bonds is 3. The average molecular weight is 368 g/mol. The maximum absolute atomic E-state index is 5.84. The van der Waals surface area contributed by atoms with Crippen LogP contribution in [0, 0.1) is 0 Å². The van der Waals surface area contributed by atoms with Gasteiger partial charge in [-0.05, 0) is 0 Å². The number of azo groups is 1. The first kappa shape index (κ1) is 13.5. The number of hydrogen-bond acceptors (Lipinski definition) is 5. The number of benzene rings is 1. The number of nitrogens with zero attached hydrogens (tertiary/aromatic N) is 3. The topological polar surface area (TPSA) is 63.6 Å². The molecule has 0 unspecified atom stereocenters. The van der Waals surface area contributed by atoms with Gasteiger partial charge in [0.25, 0.3) is 0 Å². The van der Waals surface area contributed by atoms with Gasteiger partial charge in [0.15, 0.2) is 0 Å². The van der Waals surface area contributed by atoms with E-state index < -0.39 is 0 Å². The Labute approximate surface area is 130 Å². The van der Waals surface area contributed by atoms with Crippen LogP contribution in [-0.2, 0) is 0 Å². The van der Waals surface area contributed by atoms with Gasteiger partial charge in [0.1, 0.15) is 0 Å². The third-order valence-corrected chi connectivity index (χ3v) is 5.20. The summed E-state index contributed by atoms with van der Waals surface area (Å²) in [6.07, 6.45) is 0. The summed E-state index contributed by atoms with van der Waals surface area (Å²) in [6.45, 7) is 0. The molecule has 0 aliphatic heterocycles. The van der Waals surface area contributed by atoms with Crippen molar-refractivity contribution in [1.29, 1.82) is 0 Å². The fraction of sp³-hybridized carbons (Fsp3) is 0. The van der Waals surface area contributed by atoms with E-state index in [4.69, 9.17) is 17.3 Å². The first-order valence-electron chi connectivity index (χ1n) is 5.70. The van der Waals surface area contributed by atoms with E-state index in [9.17, 15) is 0 Å². The van der Waals surface area contributed by atoms with E-state index in [0.29, 0.717) is 9.71 Å². The number of thiophene rings is 1. The van der Waals surface area contributed by atoms with Crippen LogP contribution in [-0.4, -0.2) is 19.5 Å². The summed E-state index contributed by atoms with van der Waals surface area (Å²) < 4.78 is 1.48. The molecule has 1 aromatic carbocycles. The number of aromatic nitrogens is 1. The van der Waals surface area contributed by atoms with E-state index in [1.807, 2.05) is 29.6 Å². The summed E-state index contributed by atoms with van der Waals surface area (Å²) in [5.41, 5.74) is 7.43. The van der Waals surface area contributed by atoms with Crippen LogP contribution in [0.1, 0.15) is 0 Å². The molecule has 0 fully saturated rings. The van der Waals surface area contributed by atoms with Crippen LogP contribution in [0.15, 0.2) is 52.0 Å². The van der Waals surface area contributed by atoms with Gasteiger partial charge in [0.05, 0.1) is 0 Å². The van der Waals surface area contributed by atoms with E-state index >= 15 is 0 Å². The number of nitrogen functional groups attached to an aromatic ring is 1. The normalized spacial score (nSPS) is 11.2. The molecule has 0 saturated heterocycles. The predicted octanol–water partition coefficient (Wildman–Crippen LogP) is 4.52. The predicted molar refractivity (Wildman–Crippen MR) is 84.5 cm³/mol. The van der Waals surface area contributed by atoms with E-state index in [2.05, 4.69) is 15.2 Å². The molecule has 0 bridgehead atoms. The summed E-state index contributed by atoms with van der Waals surface area (Å²) >= 11 is 7.40. The van der Waals surface area contributed by atoms with Crippen LogP contribution in [0.4, 0.5) is 14.9 Å². The van der Waals surface area contributed by atoms with Gasteiger partial charge in [-0.25, -0.2) is 0 Å². The molecule has 100 valence electrons. The number of hydrogen-bond donors (Lipinski definition) is 1. The van der Waals surface area contributed by atoms with E-state index in [1.165, 1.54) is 0 Å². The van der Waals surface area contributed by atoms with Crippen LogP contribution in [0.3, 0.4) is 0 Å². The van der Waals surface area contributed by atoms with Gasteiger partial charge in [-0.15, -0.1) is 0 Å². The first-order chi connectivity index (χ1) is 9.72. The molecule has 3 rings (SSSR count). The van der Waals surface area contributed by atoms with Gasteiger partial charge in [-0.3, -0.25) is 0 Å². The molecule has 4 nitrogen and oxygen atoms in total. The molecule has 0 aliphatic carbocycles. The van der Waals surface area contributed by atoms with Crippen molar-refractivity contribution in [2.75, 3.05) is 5.73 Å². The second-order valence-electron chi connectivity index (χ2n) is 3.86. The Kier molecular flexibility index (Phi) is 3.98. The Morgan fingerprint density at radius 3 is 2.65 bits per heavy atom. The fourth-order valence-electron chi connectivity index (χ4n) is 1.58. The van der Waals surface area contributed by atoms with Crippen molar-refractivity contribution in [1.82, 2.24) is 4.98 Å². The molecule has 0 aliphatic rings. The zero-order valence-electron chi connectivity index (χ0n) is 10.2. The van der Waals surface area contributed by atoms with Gasteiger partial charge in [-0.2, -0.15) is 0 Å². The Morgan fingerprint density at radius 2 is 1.95 bits per heavy atom. The minimum absolute atomic E-state index is 0.0603. The molecule has 7 heteroatoms. The second-order valence-corrected chi connectivity index (χ2v) is 7.36.